The lowest BCUT2D eigenvalue weighted by atomic mass is 9.76. The quantitative estimate of drug-likeness (QED) is 0.581. The Morgan fingerprint density at radius 2 is 1.87 bits per heavy atom. The standard InChI is InChI=1S/C9H13BO2.C3H6/c1-2-5-8-6-3-4-7-9(8)10(11)12;1-3-2/h3-4,6-7,11-12H,2,5H2,1H3;3H,1H2,2H3. The van der Waals surface area contributed by atoms with Crippen LogP contribution in [0.1, 0.15) is 25.8 Å². The van der Waals surface area contributed by atoms with Crippen LogP contribution >= 0.6 is 0 Å². The summed E-state index contributed by atoms with van der Waals surface area (Å²) in [6.07, 6.45) is 3.66. The number of aryl methyl sites for hydroxylation is 1. The summed E-state index contributed by atoms with van der Waals surface area (Å²) in [4.78, 5) is 0. The van der Waals surface area contributed by atoms with E-state index in [0.29, 0.717) is 5.46 Å². The Bertz CT molecular complexity index is 285. The van der Waals surface area contributed by atoms with E-state index in [4.69, 9.17) is 10.0 Å². The maximum Gasteiger partial charge on any atom is 0.488 e. The van der Waals surface area contributed by atoms with E-state index in [2.05, 4.69) is 13.5 Å². The molecular formula is C12H19BO2. The highest BCUT2D eigenvalue weighted by Crippen LogP contribution is 2.00. The van der Waals surface area contributed by atoms with E-state index in [1.54, 1.807) is 12.1 Å². The van der Waals surface area contributed by atoms with Crippen molar-refractivity contribution in [1.29, 1.82) is 0 Å². The molecule has 0 amide bonds. The Labute approximate surface area is 92.4 Å². The first-order valence-electron chi connectivity index (χ1n) is 5.18. The topological polar surface area (TPSA) is 40.5 Å². The van der Waals surface area contributed by atoms with Gasteiger partial charge >= 0.3 is 7.12 Å². The van der Waals surface area contributed by atoms with Crippen molar-refractivity contribution in [2.24, 2.45) is 0 Å². The zero-order valence-electron chi connectivity index (χ0n) is 9.48. The van der Waals surface area contributed by atoms with E-state index in [9.17, 15) is 0 Å². The van der Waals surface area contributed by atoms with Gasteiger partial charge in [0.15, 0.2) is 0 Å². The molecule has 0 bridgehead atoms. The van der Waals surface area contributed by atoms with Gasteiger partial charge in [-0.25, -0.2) is 0 Å². The summed E-state index contributed by atoms with van der Waals surface area (Å²) in [6, 6.07) is 7.40. The molecule has 0 aliphatic carbocycles. The first-order chi connectivity index (χ1) is 7.17. The van der Waals surface area contributed by atoms with Gasteiger partial charge in [-0.05, 0) is 24.4 Å². The van der Waals surface area contributed by atoms with Crippen molar-refractivity contribution in [3.63, 3.8) is 0 Å². The highest BCUT2D eigenvalue weighted by atomic mass is 16.4. The molecule has 0 aliphatic heterocycles. The van der Waals surface area contributed by atoms with Crippen molar-refractivity contribution in [2.45, 2.75) is 26.7 Å². The van der Waals surface area contributed by atoms with Gasteiger partial charge in [0.05, 0.1) is 0 Å². The molecule has 0 saturated carbocycles. The average Bonchev–Trinajstić information content (AvgIpc) is 2.20. The van der Waals surface area contributed by atoms with Crippen LogP contribution in [-0.4, -0.2) is 17.2 Å². The Balaban J connectivity index is 0.000000583. The summed E-state index contributed by atoms with van der Waals surface area (Å²) in [5.41, 5.74) is 1.65. The number of hydrogen-bond acceptors (Lipinski definition) is 2. The summed E-state index contributed by atoms with van der Waals surface area (Å²) in [6.45, 7) is 7.32. The Kier molecular flexibility index (Phi) is 7.69. The molecule has 0 unspecified atom stereocenters. The minimum atomic E-state index is -1.34. The molecule has 0 radical (unpaired) electrons. The molecule has 0 heterocycles. The zero-order valence-corrected chi connectivity index (χ0v) is 9.48. The predicted molar refractivity (Wildman–Crippen MR) is 66.1 cm³/mol. The molecule has 3 heteroatoms. The minimum absolute atomic E-state index is 0.624. The number of rotatable bonds is 3. The molecule has 1 aromatic rings. The molecule has 2 N–H and O–H groups in total. The van der Waals surface area contributed by atoms with Crippen molar-refractivity contribution in [1.82, 2.24) is 0 Å². The lowest BCUT2D eigenvalue weighted by Gasteiger charge is -2.06. The van der Waals surface area contributed by atoms with Crippen molar-refractivity contribution in [2.75, 3.05) is 0 Å². The first-order valence-corrected chi connectivity index (χ1v) is 5.18. The van der Waals surface area contributed by atoms with Gasteiger partial charge in [0.25, 0.3) is 0 Å². The smallest absolute Gasteiger partial charge is 0.423 e. The van der Waals surface area contributed by atoms with Gasteiger partial charge in [0.1, 0.15) is 0 Å². The monoisotopic (exact) mass is 206 g/mol. The van der Waals surface area contributed by atoms with E-state index in [0.717, 1.165) is 18.4 Å². The number of benzene rings is 1. The third-order valence-electron chi connectivity index (χ3n) is 1.85. The largest absolute Gasteiger partial charge is 0.488 e. The molecule has 0 spiro atoms. The zero-order chi connectivity index (χ0) is 11.7. The molecule has 0 aromatic heterocycles. The van der Waals surface area contributed by atoms with Crippen LogP contribution < -0.4 is 5.46 Å². The normalized spacial score (nSPS) is 8.80. The van der Waals surface area contributed by atoms with Crippen LogP contribution in [0.3, 0.4) is 0 Å². The summed E-state index contributed by atoms with van der Waals surface area (Å²) in [7, 11) is -1.34. The van der Waals surface area contributed by atoms with Crippen LogP contribution in [0.25, 0.3) is 0 Å². The molecule has 2 nitrogen and oxygen atoms in total. The predicted octanol–water partition coefficient (Wildman–Crippen LogP) is 1.51. The van der Waals surface area contributed by atoms with Crippen molar-refractivity contribution < 1.29 is 10.0 Å². The molecular weight excluding hydrogens is 187 g/mol. The van der Waals surface area contributed by atoms with E-state index in [-0.39, 0.29) is 0 Å². The Hall–Kier alpha value is -1.06. The van der Waals surface area contributed by atoms with Crippen LogP contribution in [0, 0.1) is 0 Å². The van der Waals surface area contributed by atoms with Gasteiger partial charge < -0.3 is 10.0 Å². The fourth-order valence-corrected chi connectivity index (χ4v) is 1.28. The van der Waals surface area contributed by atoms with Crippen LogP contribution in [-0.2, 0) is 6.42 Å². The Morgan fingerprint density at radius 3 is 2.33 bits per heavy atom. The minimum Gasteiger partial charge on any atom is -0.423 e. The lowest BCUT2D eigenvalue weighted by Crippen LogP contribution is -2.32. The molecule has 1 rings (SSSR count). The van der Waals surface area contributed by atoms with Gasteiger partial charge in [0, 0.05) is 0 Å². The molecule has 82 valence electrons. The van der Waals surface area contributed by atoms with E-state index in [1.807, 2.05) is 25.1 Å². The SMILES string of the molecule is C=CC.CCCc1ccccc1B(O)O. The lowest BCUT2D eigenvalue weighted by molar-refractivity contribution is 0.425. The molecule has 0 atom stereocenters. The van der Waals surface area contributed by atoms with Crippen LogP contribution in [0.2, 0.25) is 0 Å². The van der Waals surface area contributed by atoms with Gasteiger partial charge in [-0.15, -0.1) is 6.58 Å². The average molecular weight is 206 g/mol. The third kappa shape index (κ3) is 5.40. The second-order valence-electron chi connectivity index (χ2n) is 3.23. The number of allylic oxidation sites excluding steroid dienone is 1. The second kappa shape index (κ2) is 8.27. The van der Waals surface area contributed by atoms with E-state index < -0.39 is 7.12 Å². The number of hydrogen-bond donors (Lipinski definition) is 2. The van der Waals surface area contributed by atoms with E-state index >= 15 is 0 Å². The summed E-state index contributed by atoms with van der Waals surface area (Å²) < 4.78 is 0. The maximum absolute atomic E-state index is 8.99. The van der Waals surface area contributed by atoms with Gasteiger partial charge in [-0.1, -0.05) is 43.7 Å². The summed E-state index contributed by atoms with van der Waals surface area (Å²) in [5.74, 6) is 0. The molecule has 0 saturated heterocycles. The third-order valence-corrected chi connectivity index (χ3v) is 1.85. The van der Waals surface area contributed by atoms with E-state index in [1.165, 1.54) is 0 Å². The fraction of sp³-hybridized carbons (Fsp3) is 0.333. The van der Waals surface area contributed by atoms with Crippen LogP contribution in [0.4, 0.5) is 0 Å². The van der Waals surface area contributed by atoms with Gasteiger partial charge in [0.2, 0.25) is 0 Å². The highest BCUT2D eigenvalue weighted by Gasteiger charge is 2.13. The molecule has 0 aliphatic rings. The Morgan fingerprint density at radius 1 is 1.33 bits per heavy atom. The van der Waals surface area contributed by atoms with Crippen molar-refractivity contribution >= 4 is 12.6 Å². The fourth-order valence-electron chi connectivity index (χ4n) is 1.28. The molecule has 1 aromatic carbocycles. The van der Waals surface area contributed by atoms with Crippen LogP contribution in [0.15, 0.2) is 36.9 Å². The summed E-state index contributed by atoms with van der Waals surface area (Å²) in [5, 5.41) is 18.0. The van der Waals surface area contributed by atoms with Gasteiger partial charge in [-0.2, -0.15) is 0 Å². The van der Waals surface area contributed by atoms with Crippen molar-refractivity contribution in [3.05, 3.63) is 42.5 Å². The summed E-state index contributed by atoms with van der Waals surface area (Å²) >= 11 is 0. The second-order valence-corrected chi connectivity index (χ2v) is 3.23. The molecule has 15 heavy (non-hydrogen) atoms. The van der Waals surface area contributed by atoms with Crippen molar-refractivity contribution in [3.8, 4) is 0 Å². The first kappa shape index (κ1) is 13.9. The highest BCUT2D eigenvalue weighted by molar-refractivity contribution is 6.59. The maximum atomic E-state index is 8.99. The van der Waals surface area contributed by atoms with Crippen LogP contribution in [0.5, 0.6) is 0 Å². The van der Waals surface area contributed by atoms with Gasteiger partial charge in [-0.3, -0.25) is 0 Å². The molecule has 0 fully saturated rings.